The van der Waals surface area contributed by atoms with Gasteiger partial charge in [0.15, 0.2) is 4.34 Å². The van der Waals surface area contributed by atoms with Crippen LogP contribution in [0.15, 0.2) is 46.8 Å². The van der Waals surface area contributed by atoms with Gasteiger partial charge in [-0.05, 0) is 43.9 Å². The molecule has 0 radical (unpaired) electrons. The summed E-state index contributed by atoms with van der Waals surface area (Å²) in [7, 11) is 0. The van der Waals surface area contributed by atoms with Crippen molar-refractivity contribution < 1.29 is 0 Å². The van der Waals surface area contributed by atoms with Crippen molar-refractivity contribution in [3.8, 4) is 0 Å². The topological polar surface area (TPSA) is 24.9 Å². The molecule has 1 unspecified atom stereocenters. The van der Waals surface area contributed by atoms with Gasteiger partial charge in [-0.2, -0.15) is 0 Å². The number of thioether (sulfide) groups is 1. The second-order valence-corrected chi connectivity index (χ2v) is 7.23. The molecule has 0 amide bonds. The maximum atomic E-state index is 4.57. The van der Waals surface area contributed by atoms with Gasteiger partial charge >= 0.3 is 0 Å². The van der Waals surface area contributed by atoms with Crippen LogP contribution in [0, 0.1) is 6.92 Å². The van der Waals surface area contributed by atoms with E-state index in [0.717, 1.165) is 15.5 Å². The van der Waals surface area contributed by atoms with Gasteiger partial charge in [-0.3, -0.25) is 0 Å². The molecule has 4 heteroatoms. The number of rotatable bonds is 4. The molecule has 21 heavy (non-hydrogen) atoms. The van der Waals surface area contributed by atoms with Crippen molar-refractivity contribution in [1.82, 2.24) is 4.98 Å². The van der Waals surface area contributed by atoms with Crippen LogP contribution in [0.3, 0.4) is 0 Å². The van der Waals surface area contributed by atoms with Crippen LogP contribution in [0.1, 0.15) is 24.1 Å². The number of thiazole rings is 1. The second kappa shape index (κ2) is 6.08. The van der Waals surface area contributed by atoms with Crippen LogP contribution in [-0.4, -0.2) is 11.2 Å². The quantitative estimate of drug-likeness (QED) is 0.644. The zero-order valence-corrected chi connectivity index (χ0v) is 14.0. The lowest BCUT2D eigenvalue weighted by Gasteiger charge is -2.16. The number of benzene rings is 2. The zero-order chi connectivity index (χ0) is 14.8. The fraction of sp³-hybridized carbons (Fsp3) is 0.235. The first-order valence-electron chi connectivity index (χ1n) is 6.93. The fourth-order valence-electron chi connectivity index (χ4n) is 2.27. The van der Waals surface area contributed by atoms with E-state index < -0.39 is 0 Å². The molecular weight excluding hydrogens is 296 g/mol. The van der Waals surface area contributed by atoms with Gasteiger partial charge in [0.1, 0.15) is 0 Å². The molecule has 0 aliphatic heterocycles. The summed E-state index contributed by atoms with van der Waals surface area (Å²) in [5.41, 5.74) is 4.82. The molecule has 0 bridgehead atoms. The first-order chi connectivity index (χ1) is 10.2. The van der Waals surface area contributed by atoms with E-state index in [9.17, 15) is 0 Å². The molecule has 1 atom stereocenters. The van der Waals surface area contributed by atoms with Crippen LogP contribution in [0.4, 0.5) is 5.69 Å². The number of nitrogens with zero attached hydrogens (tertiary/aromatic N) is 1. The highest BCUT2D eigenvalue weighted by atomic mass is 32.2. The van der Waals surface area contributed by atoms with Crippen LogP contribution in [0.5, 0.6) is 0 Å². The first-order valence-corrected chi connectivity index (χ1v) is 8.97. The number of nitrogens with one attached hydrogen (secondary N) is 1. The maximum Gasteiger partial charge on any atom is 0.150 e. The predicted octanol–water partition coefficient (Wildman–Crippen LogP) is 5.50. The molecule has 3 rings (SSSR count). The molecule has 2 aromatic carbocycles. The number of hydrogen-bond acceptors (Lipinski definition) is 4. The molecule has 2 nitrogen and oxygen atoms in total. The molecule has 108 valence electrons. The van der Waals surface area contributed by atoms with Crippen molar-refractivity contribution in [2.75, 3.05) is 11.6 Å². The number of aromatic nitrogens is 1. The summed E-state index contributed by atoms with van der Waals surface area (Å²) in [6.45, 7) is 4.30. The molecule has 0 aliphatic carbocycles. The van der Waals surface area contributed by atoms with Crippen molar-refractivity contribution in [2.24, 2.45) is 0 Å². The summed E-state index contributed by atoms with van der Waals surface area (Å²) in [6, 6.07) is 15.4. The zero-order valence-electron chi connectivity index (χ0n) is 12.4. The third kappa shape index (κ3) is 3.22. The van der Waals surface area contributed by atoms with Crippen molar-refractivity contribution in [3.05, 3.63) is 53.6 Å². The third-order valence-corrected chi connectivity index (χ3v) is 5.51. The SMILES string of the molecule is CSc1nc2ccc(NC(C)c3ccc(C)cc3)cc2s1. The molecular formula is C17H18N2S2. The van der Waals surface area contributed by atoms with E-state index in [1.54, 1.807) is 23.1 Å². The Labute approximate surface area is 133 Å². The van der Waals surface area contributed by atoms with E-state index in [1.165, 1.54) is 15.8 Å². The minimum Gasteiger partial charge on any atom is -0.378 e. The Hall–Kier alpha value is -1.52. The molecule has 0 saturated heterocycles. The predicted molar refractivity (Wildman–Crippen MR) is 94.6 cm³/mol. The van der Waals surface area contributed by atoms with Gasteiger partial charge < -0.3 is 5.32 Å². The van der Waals surface area contributed by atoms with E-state index >= 15 is 0 Å². The van der Waals surface area contributed by atoms with Crippen LogP contribution >= 0.6 is 23.1 Å². The lowest BCUT2D eigenvalue weighted by molar-refractivity contribution is 0.884. The van der Waals surface area contributed by atoms with Crippen LogP contribution in [0.2, 0.25) is 0 Å². The van der Waals surface area contributed by atoms with Crippen molar-refractivity contribution in [1.29, 1.82) is 0 Å². The summed E-state index contributed by atoms with van der Waals surface area (Å²) in [5.74, 6) is 0. The molecule has 1 N–H and O–H groups in total. The molecule has 1 aromatic heterocycles. The minimum atomic E-state index is 0.288. The highest BCUT2D eigenvalue weighted by Crippen LogP contribution is 2.31. The minimum absolute atomic E-state index is 0.288. The van der Waals surface area contributed by atoms with Crippen LogP contribution in [0.25, 0.3) is 10.2 Å². The highest BCUT2D eigenvalue weighted by molar-refractivity contribution is 8.00. The van der Waals surface area contributed by atoms with E-state index in [4.69, 9.17) is 0 Å². The summed E-state index contributed by atoms with van der Waals surface area (Å²) in [5, 5.41) is 3.57. The standard InChI is InChI=1S/C17H18N2S2/c1-11-4-6-13(7-5-11)12(2)18-14-8-9-15-16(10-14)21-17(19-15)20-3/h4-10,12,18H,1-3H3. The fourth-order valence-corrected chi connectivity index (χ4v) is 3.80. The van der Waals surface area contributed by atoms with E-state index in [-0.39, 0.29) is 6.04 Å². The summed E-state index contributed by atoms with van der Waals surface area (Å²) < 4.78 is 2.36. The Morgan fingerprint density at radius 3 is 2.62 bits per heavy atom. The number of fused-ring (bicyclic) bond motifs is 1. The third-order valence-electron chi connectivity index (χ3n) is 3.50. The van der Waals surface area contributed by atoms with Crippen molar-refractivity contribution in [3.63, 3.8) is 0 Å². The summed E-state index contributed by atoms with van der Waals surface area (Å²) in [6.07, 6.45) is 2.07. The number of anilines is 1. The smallest absolute Gasteiger partial charge is 0.150 e. The van der Waals surface area contributed by atoms with Gasteiger partial charge in [0, 0.05) is 11.7 Å². The Kier molecular flexibility index (Phi) is 4.17. The number of hydrogen-bond donors (Lipinski definition) is 1. The number of aryl methyl sites for hydroxylation is 1. The Morgan fingerprint density at radius 2 is 1.90 bits per heavy atom. The Balaban J connectivity index is 1.82. The van der Waals surface area contributed by atoms with Crippen molar-refractivity contribution in [2.45, 2.75) is 24.2 Å². The van der Waals surface area contributed by atoms with E-state index in [1.807, 2.05) is 0 Å². The molecule has 0 saturated carbocycles. The maximum absolute atomic E-state index is 4.57. The lowest BCUT2D eigenvalue weighted by atomic mass is 10.1. The highest BCUT2D eigenvalue weighted by Gasteiger charge is 2.07. The van der Waals surface area contributed by atoms with Gasteiger partial charge in [0.2, 0.25) is 0 Å². The first kappa shape index (κ1) is 14.4. The molecule has 0 fully saturated rings. The molecule has 0 spiro atoms. The summed E-state index contributed by atoms with van der Waals surface area (Å²) in [4.78, 5) is 4.57. The van der Waals surface area contributed by atoms with Crippen LogP contribution < -0.4 is 5.32 Å². The molecule has 1 heterocycles. The average Bonchev–Trinajstić information content (AvgIpc) is 2.90. The summed E-state index contributed by atoms with van der Waals surface area (Å²) >= 11 is 3.45. The van der Waals surface area contributed by atoms with Gasteiger partial charge in [-0.25, -0.2) is 4.98 Å². The van der Waals surface area contributed by atoms with Gasteiger partial charge in [-0.15, -0.1) is 11.3 Å². The monoisotopic (exact) mass is 314 g/mol. The van der Waals surface area contributed by atoms with Gasteiger partial charge in [0.25, 0.3) is 0 Å². The van der Waals surface area contributed by atoms with Crippen molar-refractivity contribution >= 4 is 39.0 Å². The average molecular weight is 314 g/mol. The van der Waals surface area contributed by atoms with Crippen LogP contribution in [-0.2, 0) is 0 Å². The normalized spacial score (nSPS) is 12.5. The van der Waals surface area contributed by atoms with Gasteiger partial charge in [-0.1, -0.05) is 41.6 Å². The Bertz CT molecular complexity index is 747. The molecule has 0 aliphatic rings. The Morgan fingerprint density at radius 1 is 1.14 bits per heavy atom. The molecule has 3 aromatic rings. The lowest BCUT2D eigenvalue weighted by Crippen LogP contribution is -2.06. The second-order valence-electron chi connectivity index (χ2n) is 5.14. The van der Waals surface area contributed by atoms with E-state index in [0.29, 0.717) is 0 Å². The van der Waals surface area contributed by atoms with Gasteiger partial charge in [0.05, 0.1) is 10.2 Å². The largest absolute Gasteiger partial charge is 0.378 e. The van der Waals surface area contributed by atoms with E-state index in [2.05, 4.69) is 72.9 Å².